The van der Waals surface area contributed by atoms with E-state index in [-0.39, 0.29) is 12.8 Å². The van der Waals surface area contributed by atoms with Crippen molar-refractivity contribution >= 4 is 11.9 Å². The Bertz CT molecular complexity index is 434. The Morgan fingerprint density at radius 2 is 1.37 bits per heavy atom. The monoisotopic (exact) mass is 258 g/mol. The Morgan fingerprint density at radius 3 is 1.74 bits per heavy atom. The number of carbonyl (C=O) groups is 2. The average molecular weight is 258 g/mol. The third-order valence-corrected chi connectivity index (χ3v) is 3.22. The van der Waals surface area contributed by atoms with Gasteiger partial charge in [-0.25, -0.2) is 0 Å². The van der Waals surface area contributed by atoms with Crippen LogP contribution in [0.2, 0.25) is 0 Å². The van der Waals surface area contributed by atoms with Gasteiger partial charge in [0.05, 0.1) is 0 Å². The molecule has 0 aliphatic heterocycles. The predicted octanol–water partition coefficient (Wildman–Crippen LogP) is 3.39. The van der Waals surface area contributed by atoms with Crippen LogP contribution in [0.1, 0.15) is 38.5 Å². The molecule has 2 aliphatic carbocycles. The van der Waals surface area contributed by atoms with E-state index in [0.717, 1.165) is 12.8 Å². The summed E-state index contributed by atoms with van der Waals surface area (Å²) < 4.78 is 4.80. The van der Waals surface area contributed by atoms with E-state index in [1.165, 1.54) is 11.1 Å². The summed E-state index contributed by atoms with van der Waals surface area (Å²) in [7, 11) is 0. The molecule has 2 aliphatic rings. The fraction of sp³-hybridized carbons (Fsp3) is 0.375. The van der Waals surface area contributed by atoms with Gasteiger partial charge in [-0.15, -0.1) is 0 Å². The molecule has 0 saturated carbocycles. The Kier molecular flexibility index (Phi) is 4.90. The summed E-state index contributed by atoms with van der Waals surface area (Å²) in [6, 6.07) is 0. The third-order valence-electron chi connectivity index (χ3n) is 3.22. The minimum Gasteiger partial charge on any atom is -0.393 e. The first-order valence-corrected chi connectivity index (χ1v) is 6.66. The van der Waals surface area contributed by atoms with Crippen molar-refractivity contribution in [3.8, 4) is 0 Å². The van der Waals surface area contributed by atoms with Gasteiger partial charge in [0, 0.05) is 12.8 Å². The maximum absolute atomic E-state index is 11.5. The van der Waals surface area contributed by atoms with Crippen LogP contribution in [0, 0.1) is 0 Å². The first kappa shape index (κ1) is 13.5. The Hall–Kier alpha value is -1.90. The minimum atomic E-state index is -0.420. The zero-order valence-corrected chi connectivity index (χ0v) is 10.9. The molecule has 0 heterocycles. The second kappa shape index (κ2) is 6.88. The van der Waals surface area contributed by atoms with Crippen LogP contribution in [-0.2, 0) is 14.3 Å². The maximum Gasteiger partial charge on any atom is 0.313 e. The number of allylic oxidation sites excluding steroid dienone is 8. The van der Waals surface area contributed by atoms with Crippen molar-refractivity contribution in [3.05, 3.63) is 47.6 Å². The van der Waals surface area contributed by atoms with Crippen molar-refractivity contribution in [2.75, 3.05) is 0 Å². The molecule has 0 atom stereocenters. The van der Waals surface area contributed by atoms with E-state index < -0.39 is 11.9 Å². The van der Waals surface area contributed by atoms with Crippen LogP contribution >= 0.6 is 0 Å². The zero-order valence-electron chi connectivity index (χ0n) is 10.9. The number of rotatable bonds is 6. The van der Waals surface area contributed by atoms with Crippen LogP contribution in [-0.4, -0.2) is 11.9 Å². The Morgan fingerprint density at radius 1 is 0.895 bits per heavy atom. The van der Waals surface area contributed by atoms with Crippen molar-refractivity contribution < 1.29 is 14.3 Å². The van der Waals surface area contributed by atoms with Crippen molar-refractivity contribution in [2.24, 2.45) is 0 Å². The Balaban J connectivity index is 1.60. The molecular formula is C16H18O3. The molecule has 100 valence electrons. The fourth-order valence-electron chi connectivity index (χ4n) is 2.11. The van der Waals surface area contributed by atoms with Crippen LogP contribution in [0.3, 0.4) is 0 Å². The zero-order chi connectivity index (χ0) is 13.5. The van der Waals surface area contributed by atoms with Crippen molar-refractivity contribution in [1.82, 2.24) is 0 Å². The first-order chi connectivity index (χ1) is 9.24. The van der Waals surface area contributed by atoms with Crippen LogP contribution in [0.5, 0.6) is 0 Å². The molecule has 0 fully saturated rings. The molecule has 3 heteroatoms. The maximum atomic E-state index is 11.5. The molecule has 0 aromatic rings. The van der Waals surface area contributed by atoms with Crippen LogP contribution in [0.25, 0.3) is 0 Å². The van der Waals surface area contributed by atoms with Gasteiger partial charge in [-0.05, 0) is 25.7 Å². The molecular weight excluding hydrogens is 240 g/mol. The third kappa shape index (κ3) is 4.70. The number of hydrogen-bond donors (Lipinski definition) is 0. The molecule has 0 radical (unpaired) electrons. The molecule has 0 amide bonds. The van der Waals surface area contributed by atoms with E-state index in [0.29, 0.717) is 12.8 Å². The second-order valence-corrected chi connectivity index (χ2v) is 4.76. The fourth-order valence-corrected chi connectivity index (χ4v) is 2.11. The lowest BCUT2D eigenvalue weighted by Gasteiger charge is -2.04. The Labute approximate surface area is 113 Å². The van der Waals surface area contributed by atoms with E-state index in [4.69, 9.17) is 4.74 Å². The van der Waals surface area contributed by atoms with Gasteiger partial charge < -0.3 is 4.74 Å². The summed E-state index contributed by atoms with van der Waals surface area (Å²) in [4.78, 5) is 23.0. The first-order valence-electron chi connectivity index (χ1n) is 6.66. The largest absolute Gasteiger partial charge is 0.393 e. The van der Waals surface area contributed by atoms with Gasteiger partial charge in [0.2, 0.25) is 0 Å². The molecule has 0 aromatic heterocycles. The molecule has 0 N–H and O–H groups in total. The number of carbonyl (C=O) groups excluding carboxylic acids is 2. The predicted molar refractivity (Wildman–Crippen MR) is 73.2 cm³/mol. The smallest absolute Gasteiger partial charge is 0.313 e. The molecule has 0 aromatic carbocycles. The van der Waals surface area contributed by atoms with Crippen LogP contribution in [0.4, 0.5) is 0 Å². The summed E-state index contributed by atoms with van der Waals surface area (Å²) in [5, 5.41) is 0. The molecule has 0 saturated heterocycles. The van der Waals surface area contributed by atoms with E-state index in [9.17, 15) is 9.59 Å². The number of esters is 2. The standard InChI is InChI=1S/C16H18O3/c17-15(11-9-13-5-1-2-6-13)19-16(18)12-10-14-7-3-4-8-14/h1-5,7H,6,8-12H2. The SMILES string of the molecule is O=C(CCC1=CC=CC1)OC(=O)CCC1=CC=CC1. The van der Waals surface area contributed by atoms with E-state index in [1.54, 1.807) is 0 Å². The summed E-state index contributed by atoms with van der Waals surface area (Å²) in [5.74, 6) is -0.840. The van der Waals surface area contributed by atoms with E-state index in [1.807, 2.05) is 24.3 Å². The topological polar surface area (TPSA) is 43.4 Å². The lowest BCUT2D eigenvalue weighted by molar-refractivity contribution is -0.159. The lowest BCUT2D eigenvalue weighted by atomic mass is 10.1. The normalized spacial score (nSPS) is 16.4. The van der Waals surface area contributed by atoms with Gasteiger partial charge >= 0.3 is 11.9 Å². The lowest BCUT2D eigenvalue weighted by Crippen LogP contribution is -2.12. The molecule has 0 unspecified atom stereocenters. The van der Waals surface area contributed by atoms with Crippen molar-refractivity contribution in [2.45, 2.75) is 38.5 Å². The van der Waals surface area contributed by atoms with E-state index >= 15 is 0 Å². The van der Waals surface area contributed by atoms with E-state index in [2.05, 4.69) is 12.2 Å². The van der Waals surface area contributed by atoms with Crippen molar-refractivity contribution in [3.63, 3.8) is 0 Å². The van der Waals surface area contributed by atoms with Gasteiger partial charge in [-0.1, -0.05) is 47.6 Å². The van der Waals surface area contributed by atoms with Gasteiger partial charge in [-0.2, -0.15) is 0 Å². The van der Waals surface area contributed by atoms with Gasteiger partial charge in [-0.3, -0.25) is 9.59 Å². The number of ether oxygens (including phenoxy) is 1. The molecule has 3 nitrogen and oxygen atoms in total. The highest BCUT2D eigenvalue weighted by Crippen LogP contribution is 2.18. The highest BCUT2D eigenvalue weighted by atomic mass is 16.6. The minimum absolute atomic E-state index is 0.281. The van der Waals surface area contributed by atoms with Gasteiger partial charge in [0.25, 0.3) is 0 Å². The van der Waals surface area contributed by atoms with Gasteiger partial charge in [0.1, 0.15) is 0 Å². The summed E-state index contributed by atoms with van der Waals surface area (Å²) >= 11 is 0. The summed E-state index contributed by atoms with van der Waals surface area (Å²) in [6.45, 7) is 0. The number of hydrogen-bond acceptors (Lipinski definition) is 3. The van der Waals surface area contributed by atoms with Crippen LogP contribution in [0.15, 0.2) is 47.6 Å². The van der Waals surface area contributed by atoms with Crippen molar-refractivity contribution in [1.29, 1.82) is 0 Å². The van der Waals surface area contributed by atoms with Gasteiger partial charge in [0.15, 0.2) is 0 Å². The highest BCUT2D eigenvalue weighted by molar-refractivity contribution is 5.85. The summed E-state index contributed by atoms with van der Waals surface area (Å²) in [5.41, 5.74) is 2.43. The summed E-state index contributed by atoms with van der Waals surface area (Å²) in [6.07, 6.45) is 15.8. The average Bonchev–Trinajstić information content (AvgIpc) is 3.07. The molecule has 2 rings (SSSR count). The molecule has 19 heavy (non-hydrogen) atoms. The molecule has 0 bridgehead atoms. The second-order valence-electron chi connectivity index (χ2n) is 4.76. The molecule has 0 spiro atoms. The highest BCUT2D eigenvalue weighted by Gasteiger charge is 2.12. The quantitative estimate of drug-likeness (QED) is 0.542. The van der Waals surface area contributed by atoms with Crippen LogP contribution < -0.4 is 0 Å².